The summed E-state index contributed by atoms with van der Waals surface area (Å²) in [6.07, 6.45) is 0. The largest absolute Gasteiger partial charge is 0.355 e. The second kappa shape index (κ2) is 9.44. The van der Waals surface area contributed by atoms with Gasteiger partial charge in [0.05, 0.1) is 26.6 Å². The van der Waals surface area contributed by atoms with E-state index in [1.807, 2.05) is 0 Å². The third kappa shape index (κ3) is 5.30. The van der Waals surface area contributed by atoms with Crippen molar-refractivity contribution < 1.29 is 27.3 Å². The molecular weight excluding hydrogens is 455 g/mol. The van der Waals surface area contributed by atoms with E-state index in [2.05, 4.69) is 15.4 Å². The number of anilines is 2. The fourth-order valence-corrected chi connectivity index (χ4v) is 3.97. The molecule has 3 aromatic rings. The molecule has 0 unspecified atom stereocenters. The molecule has 0 spiro atoms. The van der Waals surface area contributed by atoms with Gasteiger partial charge in [-0.1, -0.05) is 18.2 Å². The molecule has 2 amide bonds. The lowest BCUT2D eigenvalue weighted by molar-refractivity contribution is -0.385. The first-order valence-corrected chi connectivity index (χ1v) is 10.8. The molecule has 0 saturated heterocycles. The van der Waals surface area contributed by atoms with Crippen LogP contribution in [0.25, 0.3) is 0 Å². The van der Waals surface area contributed by atoms with E-state index in [1.165, 1.54) is 49.5 Å². The minimum Gasteiger partial charge on any atom is -0.355 e. The van der Waals surface area contributed by atoms with E-state index in [0.717, 1.165) is 24.3 Å². The van der Waals surface area contributed by atoms with Crippen LogP contribution in [0.5, 0.6) is 0 Å². The SMILES string of the molecule is CNC(=O)c1cc(NC(=O)c2ccccc2NS(=O)(=O)c2cccc([N+](=O)[O-])c2)ccc1F. The van der Waals surface area contributed by atoms with Crippen molar-refractivity contribution in [1.82, 2.24) is 5.32 Å². The quantitative estimate of drug-likeness (QED) is 0.355. The number of sulfonamides is 1. The first-order valence-electron chi connectivity index (χ1n) is 9.31. The molecule has 0 aliphatic carbocycles. The summed E-state index contributed by atoms with van der Waals surface area (Å²) in [5.74, 6) is -2.20. The van der Waals surface area contributed by atoms with E-state index in [9.17, 15) is 32.5 Å². The van der Waals surface area contributed by atoms with Crippen LogP contribution < -0.4 is 15.4 Å². The number of nitrogens with zero attached hydrogens (tertiary/aromatic N) is 1. The molecule has 0 aromatic heterocycles. The lowest BCUT2D eigenvalue weighted by Gasteiger charge is -2.13. The Balaban J connectivity index is 1.89. The van der Waals surface area contributed by atoms with Gasteiger partial charge >= 0.3 is 0 Å². The van der Waals surface area contributed by atoms with Crippen molar-refractivity contribution in [2.45, 2.75) is 4.90 Å². The number of hydrogen-bond acceptors (Lipinski definition) is 6. The van der Waals surface area contributed by atoms with Crippen molar-refractivity contribution in [3.8, 4) is 0 Å². The maximum atomic E-state index is 13.9. The molecule has 0 radical (unpaired) electrons. The minimum atomic E-state index is -4.26. The van der Waals surface area contributed by atoms with Crippen LogP contribution in [0, 0.1) is 15.9 Å². The number of para-hydroxylation sites is 1. The molecule has 0 fully saturated rings. The fourth-order valence-electron chi connectivity index (χ4n) is 2.85. The first-order chi connectivity index (χ1) is 15.6. The Morgan fingerprint density at radius 2 is 1.67 bits per heavy atom. The molecule has 3 N–H and O–H groups in total. The molecular formula is C21H17FN4O6S. The predicted molar refractivity (Wildman–Crippen MR) is 118 cm³/mol. The topological polar surface area (TPSA) is 148 Å². The maximum absolute atomic E-state index is 13.9. The fraction of sp³-hybridized carbons (Fsp3) is 0.0476. The number of nitro benzene ring substituents is 1. The normalized spacial score (nSPS) is 10.8. The zero-order valence-corrected chi connectivity index (χ0v) is 17.9. The highest BCUT2D eigenvalue weighted by Crippen LogP contribution is 2.24. The number of rotatable bonds is 7. The molecule has 10 nitrogen and oxygen atoms in total. The highest BCUT2D eigenvalue weighted by Gasteiger charge is 2.21. The van der Waals surface area contributed by atoms with Gasteiger partial charge in [-0.15, -0.1) is 0 Å². The molecule has 3 rings (SSSR count). The number of hydrogen-bond donors (Lipinski definition) is 3. The van der Waals surface area contributed by atoms with Crippen LogP contribution in [0.1, 0.15) is 20.7 Å². The Kier molecular flexibility index (Phi) is 6.68. The maximum Gasteiger partial charge on any atom is 0.270 e. The number of halogens is 1. The molecule has 0 heterocycles. The Hall–Kier alpha value is -4.32. The smallest absolute Gasteiger partial charge is 0.270 e. The summed E-state index contributed by atoms with van der Waals surface area (Å²) in [5.41, 5.74) is -0.745. The lowest BCUT2D eigenvalue weighted by atomic mass is 10.1. The van der Waals surface area contributed by atoms with Crippen molar-refractivity contribution in [2.24, 2.45) is 0 Å². The predicted octanol–water partition coefficient (Wildman–Crippen LogP) is 3.15. The number of benzene rings is 3. The number of non-ortho nitro benzene ring substituents is 1. The summed E-state index contributed by atoms with van der Waals surface area (Å²) >= 11 is 0. The Labute approximate surface area is 187 Å². The number of carbonyl (C=O) groups is 2. The third-order valence-electron chi connectivity index (χ3n) is 4.45. The molecule has 0 atom stereocenters. The van der Waals surface area contributed by atoms with Gasteiger partial charge in [0.25, 0.3) is 27.5 Å². The molecule has 0 bridgehead atoms. The van der Waals surface area contributed by atoms with Crippen LogP contribution in [0.3, 0.4) is 0 Å². The summed E-state index contributed by atoms with van der Waals surface area (Å²) in [5, 5.41) is 15.7. The van der Waals surface area contributed by atoms with Crippen LogP contribution in [-0.2, 0) is 10.0 Å². The number of nitrogens with one attached hydrogen (secondary N) is 3. The standard InChI is InChI=1S/C21H17FN4O6S/c1-23-20(27)17-11-13(9-10-18(17)22)24-21(28)16-7-2-3-8-19(16)25-33(31,32)15-6-4-5-14(12-15)26(29)30/h2-12,25H,1H3,(H,23,27)(H,24,28). The van der Waals surface area contributed by atoms with E-state index in [1.54, 1.807) is 0 Å². The van der Waals surface area contributed by atoms with Crippen LogP contribution in [-0.4, -0.2) is 32.2 Å². The van der Waals surface area contributed by atoms with E-state index in [-0.39, 0.29) is 27.4 Å². The molecule has 3 aromatic carbocycles. The van der Waals surface area contributed by atoms with Crippen molar-refractivity contribution in [3.05, 3.63) is 93.8 Å². The molecule has 0 aliphatic rings. The van der Waals surface area contributed by atoms with Crippen LogP contribution >= 0.6 is 0 Å². The third-order valence-corrected chi connectivity index (χ3v) is 5.81. The van der Waals surface area contributed by atoms with Crippen molar-refractivity contribution in [2.75, 3.05) is 17.1 Å². The zero-order chi connectivity index (χ0) is 24.2. The zero-order valence-electron chi connectivity index (χ0n) is 17.0. The van der Waals surface area contributed by atoms with Crippen molar-refractivity contribution >= 4 is 38.9 Å². The van der Waals surface area contributed by atoms with Gasteiger partial charge in [0.2, 0.25) is 0 Å². The van der Waals surface area contributed by atoms with E-state index in [4.69, 9.17) is 0 Å². The van der Waals surface area contributed by atoms with Gasteiger partial charge in [0.15, 0.2) is 0 Å². The van der Waals surface area contributed by atoms with E-state index < -0.39 is 38.3 Å². The second-order valence-electron chi connectivity index (χ2n) is 6.63. The van der Waals surface area contributed by atoms with Crippen LogP contribution in [0.4, 0.5) is 21.5 Å². The average Bonchev–Trinajstić information content (AvgIpc) is 2.80. The second-order valence-corrected chi connectivity index (χ2v) is 8.32. The average molecular weight is 472 g/mol. The molecule has 12 heteroatoms. The summed E-state index contributed by atoms with van der Waals surface area (Å²) in [7, 11) is -2.93. The summed E-state index contributed by atoms with van der Waals surface area (Å²) in [4.78, 5) is 34.4. The Morgan fingerprint density at radius 3 is 2.36 bits per heavy atom. The van der Waals surface area contributed by atoms with Gasteiger partial charge in [-0.05, 0) is 36.4 Å². The molecule has 0 saturated carbocycles. The van der Waals surface area contributed by atoms with Crippen LogP contribution in [0.15, 0.2) is 71.6 Å². The molecule has 0 aliphatic heterocycles. The number of amides is 2. The van der Waals surface area contributed by atoms with Gasteiger partial charge in [0.1, 0.15) is 5.82 Å². The lowest BCUT2D eigenvalue weighted by Crippen LogP contribution is -2.21. The highest BCUT2D eigenvalue weighted by atomic mass is 32.2. The van der Waals surface area contributed by atoms with E-state index >= 15 is 0 Å². The monoisotopic (exact) mass is 472 g/mol. The van der Waals surface area contributed by atoms with Gasteiger partial charge in [-0.2, -0.15) is 0 Å². The highest BCUT2D eigenvalue weighted by molar-refractivity contribution is 7.92. The van der Waals surface area contributed by atoms with Gasteiger partial charge < -0.3 is 10.6 Å². The van der Waals surface area contributed by atoms with Crippen LogP contribution in [0.2, 0.25) is 0 Å². The number of nitro groups is 1. The van der Waals surface area contributed by atoms with E-state index in [0.29, 0.717) is 0 Å². The van der Waals surface area contributed by atoms with Crippen molar-refractivity contribution in [3.63, 3.8) is 0 Å². The Morgan fingerprint density at radius 1 is 0.939 bits per heavy atom. The molecule has 33 heavy (non-hydrogen) atoms. The molecule has 170 valence electrons. The summed E-state index contributed by atoms with van der Waals surface area (Å²) < 4.78 is 41.6. The van der Waals surface area contributed by atoms with Crippen molar-refractivity contribution in [1.29, 1.82) is 0 Å². The summed E-state index contributed by atoms with van der Waals surface area (Å²) in [6.45, 7) is 0. The number of carbonyl (C=O) groups excluding carboxylic acids is 2. The van der Waals surface area contributed by atoms with Gasteiger partial charge in [0, 0.05) is 24.9 Å². The van der Waals surface area contributed by atoms with Gasteiger partial charge in [-0.3, -0.25) is 24.4 Å². The van der Waals surface area contributed by atoms with Gasteiger partial charge in [-0.25, -0.2) is 12.8 Å². The first kappa shape index (κ1) is 23.3. The Bertz CT molecular complexity index is 1360. The minimum absolute atomic E-state index is 0.0719. The summed E-state index contributed by atoms with van der Waals surface area (Å²) in [6, 6.07) is 13.5.